The summed E-state index contributed by atoms with van der Waals surface area (Å²) in [7, 11) is 4.75. The van der Waals surface area contributed by atoms with Crippen LogP contribution in [0.5, 0.6) is 5.75 Å². The minimum atomic E-state index is -0.179. The van der Waals surface area contributed by atoms with Crippen molar-refractivity contribution in [3.05, 3.63) is 28.2 Å². The number of carbonyl (C=O) groups excluding carboxylic acids is 2. The maximum Gasteiger partial charge on any atom is 0.257 e. The van der Waals surface area contributed by atoms with Crippen LogP contribution in [-0.4, -0.2) is 44.5 Å². The van der Waals surface area contributed by atoms with E-state index in [1.807, 2.05) is 0 Å². The van der Waals surface area contributed by atoms with Crippen LogP contribution in [0.3, 0.4) is 0 Å². The van der Waals surface area contributed by atoms with Crippen LogP contribution in [0.25, 0.3) is 0 Å². The molecule has 0 aliphatic rings. The average Bonchev–Trinajstić information content (AvgIpc) is 2.43. The molecule has 19 heavy (non-hydrogen) atoms. The van der Waals surface area contributed by atoms with Gasteiger partial charge >= 0.3 is 0 Å². The summed E-state index contributed by atoms with van der Waals surface area (Å²) in [5, 5.41) is 2.52. The Kier molecular flexibility index (Phi) is 5.82. The van der Waals surface area contributed by atoms with Crippen molar-refractivity contribution >= 4 is 27.7 Å². The number of carbonyl (C=O) groups is 2. The first-order valence-corrected chi connectivity index (χ1v) is 6.58. The molecule has 0 bridgehead atoms. The number of nitrogens with zero attached hydrogens (tertiary/aromatic N) is 1. The summed E-state index contributed by atoms with van der Waals surface area (Å²) >= 11 is 3.33. The van der Waals surface area contributed by atoms with Gasteiger partial charge in [0.05, 0.1) is 12.7 Å². The molecule has 0 unspecified atom stereocenters. The quantitative estimate of drug-likeness (QED) is 0.894. The van der Waals surface area contributed by atoms with Crippen molar-refractivity contribution in [2.75, 3.05) is 27.7 Å². The molecule has 1 aromatic rings. The van der Waals surface area contributed by atoms with Crippen LogP contribution in [0.1, 0.15) is 16.8 Å². The standard InChI is InChI=1S/C13H17BrN2O3/c1-15-12(17)6-7-16(2)13(18)10-8-9(14)4-5-11(10)19-3/h4-5,8H,6-7H2,1-3H3,(H,15,17). The van der Waals surface area contributed by atoms with Gasteiger partial charge in [-0.3, -0.25) is 9.59 Å². The maximum atomic E-state index is 12.3. The fourth-order valence-corrected chi connectivity index (χ4v) is 1.91. The van der Waals surface area contributed by atoms with E-state index >= 15 is 0 Å². The lowest BCUT2D eigenvalue weighted by molar-refractivity contribution is -0.120. The second-order valence-corrected chi connectivity index (χ2v) is 4.91. The summed E-state index contributed by atoms with van der Waals surface area (Å²) in [6.07, 6.45) is 0.273. The highest BCUT2D eigenvalue weighted by Crippen LogP contribution is 2.24. The number of ether oxygens (including phenoxy) is 1. The molecule has 1 aromatic carbocycles. The molecule has 1 rings (SSSR count). The first kappa shape index (κ1) is 15.5. The monoisotopic (exact) mass is 328 g/mol. The third-order valence-corrected chi connectivity index (χ3v) is 3.18. The van der Waals surface area contributed by atoms with Gasteiger partial charge in [-0.2, -0.15) is 0 Å². The van der Waals surface area contributed by atoms with Gasteiger partial charge in [0.25, 0.3) is 5.91 Å². The zero-order valence-corrected chi connectivity index (χ0v) is 12.8. The molecule has 0 aliphatic carbocycles. The van der Waals surface area contributed by atoms with E-state index in [-0.39, 0.29) is 18.2 Å². The Morgan fingerprint density at radius 1 is 1.42 bits per heavy atom. The second-order valence-electron chi connectivity index (χ2n) is 3.99. The van der Waals surface area contributed by atoms with Crippen molar-refractivity contribution in [1.29, 1.82) is 0 Å². The van der Waals surface area contributed by atoms with Gasteiger partial charge in [0.2, 0.25) is 5.91 Å². The third-order valence-electron chi connectivity index (χ3n) is 2.69. The van der Waals surface area contributed by atoms with Crippen LogP contribution in [0.4, 0.5) is 0 Å². The normalized spacial score (nSPS) is 9.89. The third kappa shape index (κ3) is 4.24. The highest BCUT2D eigenvalue weighted by molar-refractivity contribution is 9.10. The Hall–Kier alpha value is -1.56. The molecule has 0 aliphatic heterocycles. The Bertz CT molecular complexity index is 477. The lowest BCUT2D eigenvalue weighted by Gasteiger charge is -2.18. The van der Waals surface area contributed by atoms with E-state index in [0.717, 1.165) is 4.47 Å². The molecule has 104 valence electrons. The SMILES string of the molecule is CNC(=O)CCN(C)C(=O)c1cc(Br)ccc1OC. The van der Waals surface area contributed by atoms with Crippen LogP contribution >= 0.6 is 15.9 Å². The summed E-state index contributed by atoms with van der Waals surface area (Å²) in [4.78, 5) is 24.9. The van der Waals surface area contributed by atoms with Crippen LogP contribution in [0.15, 0.2) is 22.7 Å². The Balaban J connectivity index is 2.81. The van der Waals surface area contributed by atoms with Gasteiger partial charge in [0.15, 0.2) is 0 Å². The smallest absolute Gasteiger partial charge is 0.257 e. The second kappa shape index (κ2) is 7.13. The molecule has 0 saturated carbocycles. The number of methoxy groups -OCH3 is 1. The van der Waals surface area contributed by atoms with Gasteiger partial charge in [0.1, 0.15) is 5.75 Å². The molecule has 6 heteroatoms. The van der Waals surface area contributed by atoms with E-state index in [4.69, 9.17) is 4.74 Å². The van der Waals surface area contributed by atoms with Gasteiger partial charge in [-0.15, -0.1) is 0 Å². The maximum absolute atomic E-state index is 12.3. The van der Waals surface area contributed by atoms with E-state index in [2.05, 4.69) is 21.2 Å². The van der Waals surface area contributed by atoms with Gasteiger partial charge in [-0.25, -0.2) is 0 Å². The molecular weight excluding hydrogens is 312 g/mol. The largest absolute Gasteiger partial charge is 0.496 e. The minimum absolute atomic E-state index is 0.0964. The molecule has 0 spiro atoms. The fourth-order valence-electron chi connectivity index (χ4n) is 1.55. The topological polar surface area (TPSA) is 58.6 Å². The van der Waals surface area contributed by atoms with Crippen molar-refractivity contribution in [1.82, 2.24) is 10.2 Å². The van der Waals surface area contributed by atoms with Crippen molar-refractivity contribution in [3.8, 4) is 5.75 Å². The highest BCUT2D eigenvalue weighted by atomic mass is 79.9. The van der Waals surface area contributed by atoms with E-state index in [9.17, 15) is 9.59 Å². The zero-order valence-electron chi connectivity index (χ0n) is 11.2. The van der Waals surface area contributed by atoms with Crippen molar-refractivity contribution < 1.29 is 14.3 Å². The van der Waals surface area contributed by atoms with Crippen molar-refractivity contribution in [3.63, 3.8) is 0 Å². The molecule has 2 amide bonds. The molecule has 0 aromatic heterocycles. The van der Waals surface area contributed by atoms with E-state index in [0.29, 0.717) is 17.9 Å². The summed E-state index contributed by atoms with van der Waals surface area (Å²) < 4.78 is 5.97. The summed E-state index contributed by atoms with van der Waals surface area (Å²) in [5.74, 6) is 0.239. The van der Waals surface area contributed by atoms with Crippen LogP contribution in [-0.2, 0) is 4.79 Å². The van der Waals surface area contributed by atoms with Crippen molar-refractivity contribution in [2.45, 2.75) is 6.42 Å². The Morgan fingerprint density at radius 3 is 2.68 bits per heavy atom. The van der Waals surface area contributed by atoms with Gasteiger partial charge in [0, 0.05) is 31.5 Å². The van der Waals surface area contributed by atoms with E-state index in [1.54, 1.807) is 32.3 Å². The number of amides is 2. The number of hydrogen-bond acceptors (Lipinski definition) is 3. The predicted molar refractivity (Wildman–Crippen MR) is 76.3 cm³/mol. The molecule has 5 nitrogen and oxygen atoms in total. The Labute approximate surface area is 121 Å². The molecule has 0 fully saturated rings. The number of hydrogen-bond donors (Lipinski definition) is 1. The van der Waals surface area contributed by atoms with Gasteiger partial charge in [-0.1, -0.05) is 15.9 Å². The molecule has 0 radical (unpaired) electrons. The van der Waals surface area contributed by atoms with Crippen LogP contribution in [0.2, 0.25) is 0 Å². The summed E-state index contributed by atoms with van der Waals surface area (Å²) in [6, 6.07) is 5.24. The summed E-state index contributed by atoms with van der Waals surface area (Å²) in [5.41, 5.74) is 0.469. The van der Waals surface area contributed by atoms with Crippen molar-refractivity contribution in [2.24, 2.45) is 0 Å². The first-order valence-electron chi connectivity index (χ1n) is 5.79. The van der Waals surface area contributed by atoms with E-state index in [1.165, 1.54) is 12.0 Å². The number of rotatable bonds is 5. The first-order chi connectivity index (χ1) is 8.99. The number of halogens is 1. The summed E-state index contributed by atoms with van der Waals surface area (Å²) in [6.45, 7) is 0.355. The van der Waals surface area contributed by atoms with E-state index < -0.39 is 0 Å². The molecule has 0 heterocycles. The minimum Gasteiger partial charge on any atom is -0.496 e. The lowest BCUT2D eigenvalue weighted by atomic mass is 10.1. The van der Waals surface area contributed by atoms with Crippen LogP contribution < -0.4 is 10.1 Å². The highest BCUT2D eigenvalue weighted by Gasteiger charge is 2.17. The lowest BCUT2D eigenvalue weighted by Crippen LogP contribution is -2.31. The Morgan fingerprint density at radius 2 is 2.11 bits per heavy atom. The molecule has 1 N–H and O–H groups in total. The number of nitrogens with one attached hydrogen (secondary N) is 1. The van der Waals surface area contributed by atoms with Crippen LogP contribution in [0, 0.1) is 0 Å². The predicted octanol–water partition coefficient (Wildman–Crippen LogP) is 1.67. The number of benzene rings is 1. The molecule has 0 atom stereocenters. The van der Waals surface area contributed by atoms with Gasteiger partial charge in [-0.05, 0) is 18.2 Å². The zero-order chi connectivity index (χ0) is 14.4. The average molecular weight is 329 g/mol. The fraction of sp³-hybridized carbons (Fsp3) is 0.385. The molecular formula is C13H17BrN2O3. The molecule has 0 saturated heterocycles. The van der Waals surface area contributed by atoms with Gasteiger partial charge < -0.3 is 15.0 Å².